The van der Waals surface area contributed by atoms with Gasteiger partial charge in [-0.05, 0) is 30.0 Å². The van der Waals surface area contributed by atoms with Crippen LogP contribution in [0.15, 0.2) is 52.3 Å². The molecule has 0 bridgehead atoms. The molecule has 10 heteroatoms. The zero-order valence-corrected chi connectivity index (χ0v) is 15.7. The van der Waals surface area contributed by atoms with Gasteiger partial charge in [0.05, 0.1) is 5.39 Å². The van der Waals surface area contributed by atoms with Gasteiger partial charge in [0.25, 0.3) is 5.56 Å². The predicted octanol–water partition coefficient (Wildman–Crippen LogP) is 1.61. The van der Waals surface area contributed by atoms with E-state index in [0.717, 1.165) is 13.1 Å². The summed E-state index contributed by atoms with van der Waals surface area (Å²) in [5.41, 5.74) is 0.211. The summed E-state index contributed by atoms with van der Waals surface area (Å²) in [5.74, 6) is 2.43. The number of halogens is 1. The standard InChI is InChI=1S/C20H16FN7O2/c21-11-3-5-22-15(6-11)27-7-13-14(8-27)17(13)19-25-16(30-26-19)9-28-10-24-18-12(20(28)29)2-1-4-23-18/h1-6,10,13-14,17H,7-9H2/t13-,14+,17+. The third-order valence-electron chi connectivity index (χ3n) is 5.91. The van der Waals surface area contributed by atoms with Crippen molar-refractivity contribution in [3.8, 4) is 0 Å². The second-order valence-corrected chi connectivity index (χ2v) is 7.69. The molecule has 2 fully saturated rings. The Morgan fingerprint density at radius 2 is 2.00 bits per heavy atom. The Morgan fingerprint density at radius 3 is 2.83 bits per heavy atom. The highest BCUT2D eigenvalue weighted by molar-refractivity contribution is 5.72. The van der Waals surface area contributed by atoms with Gasteiger partial charge < -0.3 is 9.42 Å². The number of hydrogen-bond acceptors (Lipinski definition) is 8. The minimum Gasteiger partial charge on any atom is -0.356 e. The highest BCUT2D eigenvalue weighted by Gasteiger charge is 2.58. The minimum absolute atomic E-state index is 0.158. The van der Waals surface area contributed by atoms with E-state index < -0.39 is 0 Å². The predicted molar refractivity (Wildman–Crippen MR) is 103 cm³/mol. The molecule has 1 saturated heterocycles. The number of pyridine rings is 2. The number of rotatable bonds is 4. The van der Waals surface area contributed by atoms with Crippen molar-refractivity contribution in [2.24, 2.45) is 11.8 Å². The molecule has 1 aliphatic heterocycles. The second-order valence-electron chi connectivity index (χ2n) is 7.69. The lowest BCUT2D eigenvalue weighted by Crippen LogP contribution is -2.24. The molecule has 2 aliphatic rings. The summed E-state index contributed by atoms with van der Waals surface area (Å²) in [6, 6.07) is 6.20. The quantitative estimate of drug-likeness (QED) is 0.505. The lowest BCUT2D eigenvalue weighted by molar-refractivity contribution is 0.363. The molecule has 150 valence electrons. The van der Waals surface area contributed by atoms with Crippen molar-refractivity contribution in [1.82, 2.24) is 29.7 Å². The Hall–Kier alpha value is -3.69. The first-order chi connectivity index (χ1) is 14.7. The molecule has 0 aromatic carbocycles. The molecule has 4 aromatic rings. The van der Waals surface area contributed by atoms with Crippen LogP contribution in [-0.2, 0) is 6.54 Å². The van der Waals surface area contributed by atoms with Crippen molar-refractivity contribution >= 4 is 16.9 Å². The molecule has 1 saturated carbocycles. The van der Waals surface area contributed by atoms with Crippen LogP contribution >= 0.6 is 0 Å². The topological polar surface area (TPSA) is 103 Å². The zero-order valence-electron chi connectivity index (χ0n) is 15.7. The Kier molecular flexibility index (Phi) is 3.67. The zero-order chi connectivity index (χ0) is 20.2. The summed E-state index contributed by atoms with van der Waals surface area (Å²) in [6.07, 6.45) is 4.52. The number of aromatic nitrogens is 6. The molecule has 0 unspecified atom stereocenters. The van der Waals surface area contributed by atoms with Crippen LogP contribution in [0.25, 0.3) is 11.0 Å². The van der Waals surface area contributed by atoms with Crippen molar-refractivity contribution in [2.75, 3.05) is 18.0 Å². The van der Waals surface area contributed by atoms with Crippen molar-refractivity contribution in [3.05, 3.63) is 70.9 Å². The van der Waals surface area contributed by atoms with Crippen LogP contribution < -0.4 is 10.5 Å². The smallest absolute Gasteiger partial charge is 0.263 e. The summed E-state index contributed by atoms with van der Waals surface area (Å²) >= 11 is 0. The van der Waals surface area contributed by atoms with Gasteiger partial charge in [-0.3, -0.25) is 9.36 Å². The average molecular weight is 405 g/mol. The molecule has 6 rings (SSSR count). The second kappa shape index (κ2) is 6.41. The summed E-state index contributed by atoms with van der Waals surface area (Å²) in [6.45, 7) is 1.73. The molecule has 0 spiro atoms. The maximum absolute atomic E-state index is 13.4. The molecule has 4 aromatic heterocycles. The van der Waals surface area contributed by atoms with E-state index in [1.165, 1.54) is 29.2 Å². The van der Waals surface area contributed by atoms with Crippen molar-refractivity contribution in [1.29, 1.82) is 0 Å². The van der Waals surface area contributed by atoms with E-state index in [2.05, 4.69) is 30.0 Å². The van der Waals surface area contributed by atoms with Gasteiger partial charge in [-0.25, -0.2) is 19.3 Å². The van der Waals surface area contributed by atoms with Gasteiger partial charge in [0.15, 0.2) is 11.5 Å². The van der Waals surface area contributed by atoms with Crippen molar-refractivity contribution in [3.63, 3.8) is 0 Å². The maximum Gasteiger partial charge on any atom is 0.263 e. The Labute approximate surface area is 169 Å². The Balaban J connectivity index is 1.16. The van der Waals surface area contributed by atoms with E-state index in [1.54, 1.807) is 18.3 Å². The van der Waals surface area contributed by atoms with Crippen molar-refractivity contribution in [2.45, 2.75) is 12.5 Å². The van der Waals surface area contributed by atoms with Crippen molar-refractivity contribution < 1.29 is 8.91 Å². The fourth-order valence-corrected chi connectivity index (χ4v) is 4.39. The van der Waals surface area contributed by atoms with Gasteiger partial charge in [0, 0.05) is 37.5 Å². The molecule has 30 heavy (non-hydrogen) atoms. The van der Waals surface area contributed by atoms with E-state index in [0.29, 0.717) is 40.4 Å². The van der Waals surface area contributed by atoms with Crippen LogP contribution in [0, 0.1) is 17.7 Å². The number of nitrogens with zero attached hydrogens (tertiary/aromatic N) is 7. The largest absolute Gasteiger partial charge is 0.356 e. The minimum atomic E-state index is -0.283. The number of piperidine rings is 1. The molecule has 0 N–H and O–H groups in total. The van der Waals surface area contributed by atoms with Crippen LogP contribution in [0.2, 0.25) is 0 Å². The lowest BCUT2D eigenvalue weighted by Gasteiger charge is -2.20. The van der Waals surface area contributed by atoms with E-state index >= 15 is 0 Å². The van der Waals surface area contributed by atoms with Gasteiger partial charge >= 0.3 is 0 Å². The monoisotopic (exact) mass is 405 g/mol. The first kappa shape index (κ1) is 17.2. The molecule has 3 atom stereocenters. The summed E-state index contributed by atoms with van der Waals surface area (Å²) in [4.78, 5) is 31.7. The van der Waals surface area contributed by atoms with Crippen LogP contribution in [0.3, 0.4) is 0 Å². The maximum atomic E-state index is 13.4. The number of hydrogen-bond donors (Lipinski definition) is 0. The van der Waals surface area contributed by atoms with Crippen LogP contribution in [-0.4, -0.2) is 42.7 Å². The van der Waals surface area contributed by atoms with Crippen LogP contribution in [0.4, 0.5) is 10.2 Å². The fourth-order valence-electron chi connectivity index (χ4n) is 4.39. The summed E-state index contributed by atoms with van der Waals surface area (Å²) < 4.78 is 20.3. The Bertz CT molecular complexity index is 1310. The van der Waals surface area contributed by atoms with Gasteiger partial charge in [-0.2, -0.15) is 4.98 Å². The molecule has 1 aliphatic carbocycles. The molecule has 0 amide bonds. The SMILES string of the molecule is O=c1c2cccnc2ncn1Cc1nc([C@H]2[C@@H]3CN(c4cc(F)ccn4)C[C@@H]32)no1. The average Bonchev–Trinajstić information content (AvgIpc) is 3.10. The van der Waals surface area contributed by atoms with E-state index in [4.69, 9.17) is 4.52 Å². The normalized spacial score (nSPS) is 22.4. The first-order valence-corrected chi connectivity index (χ1v) is 9.66. The fraction of sp³-hybridized carbons (Fsp3) is 0.300. The van der Waals surface area contributed by atoms with E-state index in [9.17, 15) is 9.18 Å². The number of anilines is 1. The summed E-state index contributed by atoms with van der Waals surface area (Å²) in [7, 11) is 0. The third kappa shape index (κ3) is 2.75. The molecule has 0 radical (unpaired) electrons. The van der Waals surface area contributed by atoms with E-state index in [1.807, 2.05) is 0 Å². The lowest BCUT2D eigenvalue weighted by atomic mass is 10.2. The van der Waals surface area contributed by atoms with Gasteiger partial charge in [-0.1, -0.05) is 5.16 Å². The van der Waals surface area contributed by atoms with Gasteiger partial charge in [0.1, 0.15) is 24.5 Å². The molecular formula is C20H16FN7O2. The Morgan fingerprint density at radius 1 is 1.13 bits per heavy atom. The van der Waals surface area contributed by atoms with Gasteiger partial charge in [-0.15, -0.1) is 0 Å². The highest BCUT2D eigenvalue weighted by Crippen LogP contribution is 2.57. The molecular weight excluding hydrogens is 389 g/mol. The summed E-state index contributed by atoms with van der Waals surface area (Å²) in [5, 5.41) is 4.58. The van der Waals surface area contributed by atoms with Crippen LogP contribution in [0.1, 0.15) is 17.6 Å². The highest BCUT2D eigenvalue weighted by atomic mass is 19.1. The first-order valence-electron chi connectivity index (χ1n) is 9.66. The van der Waals surface area contributed by atoms with Crippen LogP contribution in [0.5, 0.6) is 0 Å². The molecule has 5 heterocycles. The number of fused-ring (bicyclic) bond motifs is 2. The van der Waals surface area contributed by atoms with Gasteiger partial charge in [0.2, 0.25) is 5.89 Å². The van der Waals surface area contributed by atoms with E-state index in [-0.39, 0.29) is 23.8 Å². The molecule has 9 nitrogen and oxygen atoms in total. The third-order valence-corrected chi connectivity index (χ3v) is 5.91.